The molecule has 0 aromatic heterocycles. The maximum atomic E-state index is 10.9. The Hall–Kier alpha value is -2.03. The predicted octanol–water partition coefficient (Wildman–Crippen LogP) is 0.713. The van der Waals surface area contributed by atoms with Gasteiger partial charge in [0.2, 0.25) is 5.91 Å². The van der Waals surface area contributed by atoms with E-state index in [-0.39, 0.29) is 18.3 Å². The summed E-state index contributed by atoms with van der Waals surface area (Å²) in [6.45, 7) is 4.04. The zero-order valence-corrected chi connectivity index (χ0v) is 11.1. The average molecular weight is 462 g/mol. The molecular weight excluding hydrogens is 444 g/mol. The fraction of sp³-hybridized carbons (Fsp3) is 0.700. The van der Waals surface area contributed by atoms with Crippen LogP contribution in [0.5, 0.6) is 0 Å². The molecule has 0 spiro atoms. The van der Waals surface area contributed by atoms with E-state index in [9.17, 15) is 9.59 Å². The van der Waals surface area contributed by atoms with Crippen LogP contribution in [0.3, 0.4) is 0 Å². The molecular formula is C10H18LrNO3-. The van der Waals surface area contributed by atoms with E-state index in [0.717, 1.165) is 19.3 Å². The van der Waals surface area contributed by atoms with E-state index < -0.39 is 0 Å². The number of Topliss-reactive ketones (excluding diaryl/α,β-unsaturated/α-hetero) is 1. The maximum absolute atomic E-state index is 10.9. The molecule has 0 unspecified atom stereocenters. The normalized spacial score (nSPS) is 9.13. The van der Waals surface area contributed by atoms with Crippen LogP contribution in [0, 0.1) is 6.92 Å². The first-order valence-electron chi connectivity index (χ1n) is 4.77. The Labute approximate surface area is 85.0 Å². The number of methoxy groups -OCH3 is 1. The summed E-state index contributed by atoms with van der Waals surface area (Å²) in [6.07, 6.45) is 3.21. The minimum atomic E-state index is -0.0965. The minimum absolute atomic E-state index is 0. The number of ketones is 1. The molecule has 1 amide bonds. The van der Waals surface area contributed by atoms with E-state index in [1.54, 1.807) is 0 Å². The molecule has 4 nitrogen and oxygen atoms in total. The first-order chi connectivity index (χ1) is 6.66. The summed E-state index contributed by atoms with van der Waals surface area (Å²) in [4.78, 5) is 21.4. The third kappa shape index (κ3) is 12.0. The second-order valence-electron chi connectivity index (χ2n) is 3.13. The number of nitrogens with one attached hydrogen (secondary N) is 1. The minimum Gasteiger partial charge on any atom is -0.375 e. The quantitative estimate of drug-likeness (QED) is 0.428. The number of unbranched alkanes of at least 4 members (excludes halogenated alkanes) is 2. The molecule has 0 aliphatic rings. The molecule has 0 saturated carbocycles. The molecule has 15 heavy (non-hydrogen) atoms. The molecule has 0 saturated heterocycles. The number of ether oxygens (including phenoxy) is 1. The first kappa shape index (κ1) is 15.4. The summed E-state index contributed by atoms with van der Waals surface area (Å²) in [5.41, 5.74) is 0. The van der Waals surface area contributed by atoms with E-state index in [4.69, 9.17) is 0 Å². The molecule has 0 aliphatic heterocycles. The average Bonchev–Trinajstić information content (AvgIpc) is 2.11. The zero-order chi connectivity index (χ0) is 10.8. The van der Waals surface area contributed by atoms with Crippen molar-refractivity contribution in [1.82, 2.24) is 5.32 Å². The fourth-order valence-corrected chi connectivity index (χ4v) is 1.03. The van der Waals surface area contributed by atoms with Crippen LogP contribution in [0.4, 0.5) is 0 Å². The van der Waals surface area contributed by atoms with Crippen LogP contribution in [0.25, 0.3) is 0 Å². The topological polar surface area (TPSA) is 55.4 Å². The molecule has 1 radical (unpaired) electrons. The van der Waals surface area contributed by atoms with Gasteiger partial charge in [-0.15, -0.1) is 0 Å². The molecule has 0 fully saturated rings. The van der Waals surface area contributed by atoms with Crippen molar-refractivity contribution < 1.29 is 14.3 Å². The molecule has 0 aromatic rings. The van der Waals surface area contributed by atoms with E-state index in [1.807, 2.05) is 0 Å². The van der Waals surface area contributed by atoms with Gasteiger partial charge in [-0.3, -0.25) is 4.79 Å². The Kier molecular flexibility index (Phi) is 10.4. The van der Waals surface area contributed by atoms with Crippen molar-refractivity contribution in [3.05, 3.63) is 6.92 Å². The number of carbonyl (C=O) groups excluding carboxylic acids is 2. The van der Waals surface area contributed by atoms with Gasteiger partial charge >= 0.3 is 0 Å². The maximum Gasteiger partial charge on any atom is 0.245 e. The molecule has 0 aromatic carbocycles. The molecule has 97 valence electrons. The number of carbonyl (C=O) groups is 2. The summed E-state index contributed by atoms with van der Waals surface area (Å²) in [5.74, 6) is -0.117. The van der Waals surface area contributed by atoms with Gasteiger partial charge in [0.15, 0.2) is 0 Å². The van der Waals surface area contributed by atoms with E-state index >= 15 is 0 Å². The smallest absolute Gasteiger partial charge is 0.245 e. The standard InChI is InChI=1S/C10H18NO3.Lr/c1-9(12)6-4-3-5-7-11-10(13)8-14-2;/h1,3-8H2,2H3,(H,11,13);/q-1;. The summed E-state index contributed by atoms with van der Waals surface area (Å²) in [5, 5.41) is 2.71. The second kappa shape index (κ2) is 10.1. The van der Waals surface area contributed by atoms with E-state index in [1.165, 1.54) is 7.11 Å². The fourth-order valence-electron chi connectivity index (χ4n) is 1.03. The van der Waals surface area contributed by atoms with E-state index in [0.29, 0.717) is 13.0 Å². The van der Waals surface area contributed by atoms with Gasteiger partial charge in [0.05, 0.1) is 0 Å². The predicted molar refractivity (Wildman–Crippen MR) is 53.7 cm³/mol. The number of rotatable bonds is 8. The van der Waals surface area contributed by atoms with Gasteiger partial charge in [-0.1, -0.05) is 6.42 Å². The van der Waals surface area contributed by atoms with Gasteiger partial charge in [0, 0.05) is 13.7 Å². The van der Waals surface area contributed by atoms with Crippen LogP contribution in [-0.4, -0.2) is 32.0 Å². The largest absolute Gasteiger partial charge is 0.375 e. The molecule has 0 aliphatic carbocycles. The molecule has 0 atom stereocenters. The number of amides is 1. The molecule has 0 bridgehead atoms. The van der Waals surface area contributed by atoms with Crippen molar-refractivity contribution in [1.29, 1.82) is 0 Å². The van der Waals surface area contributed by atoms with Gasteiger partial charge in [-0.2, -0.15) is 0 Å². The van der Waals surface area contributed by atoms with Crippen LogP contribution >= 0.6 is 0 Å². The Morgan fingerprint density at radius 2 is 1.93 bits per heavy atom. The zero-order valence-electron chi connectivity index (χ0n) is 8.93. The SMILES string of the molecule is [CH2-]C(=O)CCCCCNC(=O)COC.[Lr]. The van der Waals surface area contributed by atoms with Gasteiger partial charge in [-0.25, -0.2) is 0 Å². The molecule has 5 heteroatoms. The third-order valence-electron chi connectivity index (χ3n) is 1.73. The van der Waals surface area contributed by atoms with Crippen LogP contribution < -0.4 is 5.32 Å². The van der Waals surface area contributed by atoms with Crippen molar-refractivity contribution in [2.24, 2.45) is 0 Å². The van der Waals surface area contributed by atoms with Gasteiger partial charge < -0.3 is 21.8 Å². The Balaban J connectivity index is 0. The number of hydrogen-bond acceptors (Lipinski definition) is 3. The van der Waals surface area contributed by atoms with Crippen LogP contribution in [0.15, 0.2) is 0 Å². The number of hydrogen-bond donors (Lipinski definition) is 1. The Morgan fingerprint density at radius 1 is 1.27 bits per heavy atom. The molecule has 0 rings (SSSR count). The van der Waals surface area contributed by atoms with Crippen LogP contribution in [0.2, 0.25) is 0 Å². The van der Waals surface area contributed by atoms with Crippen molar-refractivity contribution in [3.8, 4) is 0 Å². The Bertz CT molecular complexity index is 186. The summed E-state index contributed by atoms with van der Waals surface area (Å²) in [7, 11) is 1.49. The first-order valence-corrected chi connectivity index (χ1v) is 4.77. The van der Waals surface area contributed by atoms with Gasteiger partial charge in [-0.05, 0) is 25.0 Å². The second-order valence-corrected chi connectivity index (χ2v) is 3.13. The van der Waals surface area contributed by atoms with Gasteiger partial charge in [0.25, 0.3) is 0 Å². The van der Waals surface area contributed by atoms with Crippen molar-refractivity contribution in [3.63, 3.8) is 0 Å². The van der Waals surface area contributed by atoms with E-state index in [2.05, 4.69) is 17.0 Å². The van der Waals surface area contributed by atoms with Gasteiger partial charge in [0.1, 0.15) is 6.61 Å². The monoisotopic (exact) mass is 462 g/mol. The van der Waals surface area contributed by atoms with Crippen molar-refractivity contribution in [2.75, 3.05) is 20.3 Å². The molecule has 1 N–H and O–H groups in total. The summed E-state index contributed by atoms with van der Waals surface area (Å²) in [6, 6.07) is 0. The van der Waals surface area contributed by atoms with Crippen molar-refractivity contribution >= 4 is 11.7 Å². The van der Waals surface area contributed by atoms with Crippen molar-refractivity contribution in [2.45, 2.75) is 25.7 Å². The van der Waals surface area contributed by atoms with Crippen LogP contribution in [0.1, 0.15) is 25.7 Å². The summed E-state index contributed by atoms with van der Waals surface area (Å²) < 4.78 is 4.65. The summed E-state index contributed by atoms with van der Waals surface area (Å²) >= 11 is 0. The van der Waals surface area contributed by atoms with Crippen LogP contribution in [-0.2, 0) is 14.3 Å². The third-order valence-corrected chi connectivity index (χ3v) is 1.73. The Morgan fingerprint density at radius 3 is 2.47 bits per heavy atom. The molecule has 0 heterocycles.